The van der Waals surface area contributed by atoms with Crippen molar-refractivity contribution in [3.05, 3.63) is 24.0 Å². The number of thioether (sulfide) groups is 1. The van der Waals surface area contributed by atoms with Crippen LogP contribution in [0.5, 0.6) is 0 Å². The van der Waals surface area contributed by atoms with Crippen LogP contribution in [0, 0.1) is 5.82 Å². The topological polar surface area (TPSA) is 57.3 Å². The summed E-state index contributed by atoms with van der Waals surface area (Å²) in [5, 5.41) is 10.2. The fourth-order valence-corrected chi connectivity index (χ4v) is 4.34. The average Bonchev–Trinajstić information content (AvgIpc) is 2.99. The van der Waals surface area contributed by atoms with Gasteiger partial charge in [-0.25, -0.2) is 9.37 Å². The van der Waals surface area contributed by atoms with Gasteiger partial charge in [0.15, 0.2) is 5.65 Å². The maximum absolute atomic E-state index is 13.8. The van der Waals surface area contributed by atoms with Crippen LogP contribution in [0.3, 0.4) is 0 Å². The van der Waals surface area contributed by atoms with Crippen LogP contribution >= 0.6 is 11.8 Å². The van der Waals surface area contributed by atoms with Crippen molar-refractivity contribution in [2.24, 2.45) is 0 Å². The molecule has 4 rings (SSSR count). The van der Waals surface area contributed by atoms with Gasteiger partial charge in [0.1, 0.15) is 24.4 Å². The van der Waals surface area contributed by atoms with E-state index in [4.69, 9.17) is 9.72 Å². The predicted octanol–water partition coefficient (Wildman–Crippen LogP) is 1.93. The second-order valence-electron chi connectivity index (χ2n) is 6.89. The molecule has 3 heterocycles. The Morgan fingerprint density at radius 1 is 1.26 bits per heavy atom. The van der Waals surface area contributed by atoms with Gasteiger partial charge in [-0.3, -0.25) is 0 Å². The lowest BCUT2D eigenvalue weighted by atomic mass is 10.2. The molecule has 27 heavy (non-hydrogen) atoms. The Labute approximate surface area is 162 Å². The standard InChI is InChI=1S/C19H24FN5OS/c1-2-3-6-25-16-5-4-14(20)13-15(16)17-18(25)21-19(23-22-17)27-12-9-24-7-10-26-11-8-24/h4-5,13H,2-3,6-12H2,1H3/p+1. The summed E-state index contributed by atoms with van der Waals surface area (Å²) in [4.78, 5) is 6.34. The number of aryl methyl sites for hydroxylation is 1. The number of ether oxygens (including phenoxy) is 1. The summed E-state index contributed by atoms with van der Waals surface area (Å²) in [6.45, 7) is 7.90. The molecule has 1 aromatic carbocycles. The van der Waals surface area contributed by atoms with Crippen LogP contribution in [0.4, 0.5) is 4.39 Å². The summed E-state index contributed by atoms with van der Waals surface area (Å²) in [5.41, 5.74) is 2.46. The number of morpholine rings is 1. The van der Waals surface area contributed by atoms with E-state index >= 15 is 0 Å². The van der Waals surface area contributed by atoms with Crippen molar-refractivity contribution in [2.75, 3.05) is 38.6 Å². The van der Waals surface area contributed by atoms with Crippen LogP contribution in [0.25, 0.3) is 22.1 Å². The lowest BCUT2D eigenvalue weighted by molar-refractivity contribution is -0.905. The lowest BCUT2D eigenvalue weighted by Crippen LogP contribution is -3.14. The number of nitrogens with zero attached hydrogens (tertiary/aromatic N) is 4. The van der Waals surface area contributed by atoms with Crippen molar-refractivity contribution in [3.63, 3.8) is 0 Å². The van der Waals surface area contributed by atoms with Crippen molar-refractivity contribution in [1.29, 1.82) is 0 Å². The molecule has 2 aromatic heterocycles. The van der Waals surface area contributed by atoms with Crippen molar-refractivity contribution >= 4 is 33.8 Å². The summed E-state index contributed by atoms with van der Waals surface area (Å²) >= 11 is 1.64. The van der Waals surface area contributed by atoms with E-state index in [1.807, 2.05) is 6.07 Å². The van der Waals surface area contributed by atoms with E-state index in [-0.39, 0.29) is 5.82 Å². The molecule has 144 valence electrons. The van der Waals surface area contributed by atoms with E-state index < -0.39 is 0 Å². The molecule has 0 aliphatic carbocycles. The van der Waals surface area contributed by atoms with Gasteiger partial charge in [0.2, 0.25) is 5.16 Å². The summed E-state index contributed by atoms with van der Waals surface area (Å²) in [6, 6.07) is 4.85. The van der Waals surface area contributed by atoms with E-state index in [0.717, 1.165) is 74.5 Å². The number of halogens is 1. The SMILES string of the molecule is CCCCn1c2ccc(F)cc2c2nnc(SCC[NH+]3CCOCC3)nc21. The number of hydrogen-bond donors (Lipinski definition) is 1. The van der Waals surface area contributed by atoms with Gasteiger partial charge in [-0.2, -0.15) is 0 Å². The summed E-state index contributed by atoms with van der Waals surface area (Å²) in [5.74, 6) is 0.692. The molecule has 3 aromatic rings. The van der Waals surface area contributed by atoms with E-state index in [9.17, 15) is 4.39 Å². The number of aromatic nitrogens is 4. The highest BCUT2D eigenvalue weighted by molar-refractivity contribution is 7.99. The van der Waals surface area contributed by atoms with Crippen molar-refractivity contribution in [2.45, 2.75) is 31.5 Å². The Balaban J connectivity index is 1.59. The first-order valence-electron chi connectivity index (χ1n) is 9.62. The average molecular weight is 391 g/mol. The Morgan fingerprint density at radius 2 is 2.11 bits per heavy atom. The summed E-state index contributed by atoms with van der Waals surface area (Å²) in [6.07, 6.45) is 2.13. The number of unbranched alkanes of at least 4 members (excludes halogenated alkanes) is 1. The van der Waals surface area contributed by atoms with Gasteiger partial charge in [-0.05, 0) is 24.6 Å². The molecule has 0 unspecified atom stereocenters. The molecule has 1 aliphatic heterocycles. The van der Waals surface area contributed by atoms with Gasteiger partial charge < -0.3 is 14.2 Å². The van der Waals surface area contributed by atoms with Crippen LogP contribution in [0.2, 0.25) is 0 Å². The first kappa shape index (κ1) is 18.6. The highest BCUT2D eigenvalue weighted by Crippen LogP contribution is 2.28. The first-order valence-corrected chi connectivity index (χ1v) is 10.6. The maximum atomic E-state index is 13.8. The number of rotatable bonds is 7. The van der Waals surface area contributed by atoms with Gasteiger partial charge >= 0.3 is 0 Å². The minimum atomic E-state index is -0.259. The molecule has 1 N–H and O–H groups in total. The lowest BCUT2D eigenvalue weighted by Gasteiger charge is -2.23. The quantitative estimate of drug-likeness (QED) is 0.625. The zero-order valence-corrected chi connectivity index (χ0v) is 16.4. The molecule has 0 radical (unpaired) electrons. The molecule has 0 saturated carbocycles. The third-order valence-electron chi connectivity index (χ3n) is 5.03. The maximum Gasteiger partial charge on any atom is 0.211 e. The van der Waals surface area contributed by atoms with Crippen molar-refractivity contribution in [1.82, 2.24) is 19.7 Å². The number of quaternary nitrogens is 1. The van der Waals surface area contributed by atoms with E-state index in [0.29, 0.717) is 10.7 Å². The monoisotopic (exact) mass is 390 g/mol. The van der Waals surface area contributed by atoms with Crippen LogP contribution in [0.15, 0.2) is 23.4 Å². The Hall–Kier alpha value is -1.77. The number of benzene rings is 1. The van der Waals surface area contributed by atoms with Crippen LogP contribution in [-0.2, 0) is 11.3 Å². The molecule has 1 aliphatic rings. The molecular formula is C19H25FN5OS+. The van der Waals surface area contributed by atoms with E-state index in [1.54, 1.807) is 16.7 Å². The number of nitrogens with one attached hydrogen (secondary N) is 1. The molecule has 6 nitrogen and oxygen atoms in total. The largest absolute Gasteiger partial charge is 0.370 e. The molecule has 0 atom stereocenters. The Kier molecular flexibility index (Phi) is 5.85. The van der Waals surface area contributed by atoms with Crippen molar-refractivity contribution in [3.8, 4) is 0 Å². The predicted molar refractivity (Wildman–Crippen MR) is 105 cm³/mol. The third-order valence-corrected chi connectivity index (χ3v) is 5.87. The smallest absolute Gasteiger partial charge is 0.211 e. The Morgan fingerprint density at radius 3 is 2.93 bits per heavy atom. The van der Waals surface area contributed by atoms with Gasteiger partial charge in [0.05, 0.1) is 31.0 Å². The second-order valence-corrected chi connectivity index (χ2v) is 7.96. The highest BCUT2D eigenvalue weighted by atomic mass is 32.2. The molecule has 1 saturated heterocycles. The van der Waals surface area contributed by atoms with Gasteiger partial charge in [-0.15, -0.1) is 10.2 Å². The zero-order chi connectivity index (χ0) is 18.6. The van der Waals surface area contributed by atoms with Crippen molar-refractivity contribution < 1.29 is 14.0 Å². The first-order chi connectivity index (χ1) is 13.3. The minimum absolute atomic E-state index is 0.259. The zero-order valence-electron chi connectivity index (χ0n) is 15.6. The molecule has 8 heteroatoms. The summed E-state index contributed by atoms with van der Waals surface area (Å²) < 4.78 is 21.3. The van der Waals surface area contributed by atoms with Gasteiger partial charge in [0.25, 0.3) is 0 Å². The molecule has 0 bridgehead atoms. The fraction of sp³-hybridized carbons (Fsp3) is 0.526. The summed E-state index contributed by atoms with van der Waals surface area (Å²) in [7, 11) is 0. The third kappa shape index (κ3) is 4.07. The van der Waals surface area contributed by atoms with Gasteiger partial charge in [0, 0.05) is 11.9 Å². The normalized spacial score (nSPS) is 15.8. The number of hydrogen-bond acceptors (Lipinski definition) is 5. The molecule has 0 amide bonds. The fourth-order valence-electron chi connectivity index (χ4n) is 3.51. The van der Waals surface area contributed by atoms with Gasteiger partial charge in [-0.1, -0.05) is 25.1 Å². The Bertz CT molecular complexity index is 925. The number of fused-ring (bicyclic) bond motifs is 3. The minimum Gasteiger partial charge on any atom is -0.370 e. The van der Waals surface area contributed by atoms with E-state index in [1.165, 1.54) is 12.1 Å². The molecule has 1 fully saturated rings. The van der Waals surface area contributed by atoms with Crippen LogP contribution in [0.1, 0.15) is 19.8 Å². The second kappa shape index (κ2) is 8.50. The highest BCUT2D eigenvalue weighted by Gasteiger charge is 2.17. The van der Waals surface area contributed by atoms with Crippen LogP contribution in [-0.4, -0.2) is 58.3 Å². The molecular weight excluding hydrogens is 365 g/mol. The van der Waals surface area contributed by atoms with E-state index in [2.05, 4.69) is 21.7 Å². The molecule has 0 spiro atoms. The van der Waals surface area contributed by atoms with Crippen LogP contribution < -0.4 is 4.90 Å².